The summed E-state index contributed by atoms with van der Waals surface area (Å²) in [5.74, 6) is 0. The minimum Gasteiger partial charge on any atom is -0.357 e. The van der Waals surface area contributed by atoms with Crippen LogP contribution in [-0.2, 0) is 17.4 Å². The summed E-state index contributed by atoms with van der Waals surface area (Å²) >= 11 is 0. The molecule has 2 heterocycles. The molecule has 3 nitrogen and oxygen atoms in total. The SMILES string of the molecule is CCC[C@H]1c2[nH]c3ccccc3c2CCN1S(=O)c1ccc(C)cc1. The molecule has 130 valence electrons. The van der Waals surface area contributed by atoms with E-state index < -0.39 is 11.0 Å². The van der Waals surface area contributed by atoms with Crippen molar-refractivity contribution < 1.29 is 4.21 Å². The number of hydrogen-bond acceptors (Lipinski definition) is 1. The highest BCUT2D eigenvalue weighted by atomic mass is 32.2. The largest absolute Gasteiger partial charge is 0.357 e. The third-order valence-corrected chi connectivity index (χ3v) is 6.65. The van der Waals surface area contributed by atoms with Gasteiger partial charge in [-0.05, 0) is 43.5 Å². The van der Waals surface area contributed by atoms with Gasteiger partial charge in [0.15, 0.2) is 0 Å². The zero-order valence-electron chi connectivity index (χ0n) is 14.8. The lowest BCUT2D eigenvalue weighted by Crippen LogP contribution is -2.36. The number of benzene rings is 2. The van der Waals surface area contributed by atoms with Gasteiger partial charge in [-0.15, -0.1) is 0 Å². The van der Waals surface area contributed by atoms with E-state index in [0.717, 1.165) is 30.7 Å². The van der Waals surface area contributed by atoms with Crippen LogP contribution in [0.1, 0.15) is 42.6 Å². The van der Waals surface area contributed by atoms with E-state index >= 15 is 0 Å². The molecule has 0 fully saturated rings. The molecule has 0 amide bonds. The molecule has 1 aliphatic rings. The summed E-state index contributed by atoms with van der Waals surface area (Å²) in [7, 11) is -1.13. The Kier molecular flexibility index (Phi) is 4.48. The van der Waals surface area contributed by atoms with E-state index in [2.05, 4.69) is 47.4 Å². The topological polar surface area (TPSA) is 36.1 Å². The van der Waals surface area contributed by atoms with Gasteiger partial charge in [-0.1, -0.05) is 49.2 Å². The Morgan fingerprint density at radius 3 is 2.68 bits per heavy atom. The molecule has 0 spiro atoms. The molecule has 3 aromatic rings. The number of hydrogen-bond donors (Lipinski definition) is 1. The Labute approximate surface area is 151 Å². The van der Waals surface area contributed by atoms with Crippen molar-refractivity contribution >= 4 is 21.9 Å². The summed E-state index contributed by atoms with van der Waals surface area (Å²) in [6.07, 6.45) is 3.02. The molecule has 1 unspecified atom stereocenters. The van der Waals surface area contributed by atoms with Gasteiger partial charge in [0.1, 0.15) is 11.0 Å². The highest BCUT2D eigenvalue weighted by molar-refractivity contribution is 7.82. The zero-order chi connectivity index (χ0) is 17.4. The summed E-state index contributed by atoms with van der Waals surface area (Å²) < 4.78 is 15.4. The molecule has 0 radical (unpaired) electrons. The quantitative estimate of drug-likeness (QED) is 0.712. The number of H-pyrrole nitrogens is 1. The minimum atomic E-state index is -1.13. The van der Waals surface area contributed by atoms with E-state index in [9.17, 15) is 4.21 Å². The highest BCUT2D eigenvalue weighted by Gasteiger charge is 2.33. The van der Waals surface area contributed by atoms with Gasteiger partial charge in [0.2, 0.25) is 0 Å². The molecular weight excluding hydrogens is 328 g/mol. The molecule has 2 aromatic carbocycles. The lowest BCUT2D eigenvalue weighted by atomic mass is 9.96. The molecule has 0 saturated carbocycles. The van der Waals surface area contributed by atoms with Gasteiger partial charge in [-0.3, -0.25) is 0 Å². The zero-order valence-corrected chi connectivity index (χ0v) is 15.6. The van der Waals surface area contributed by atoms with E-state index in [0.29, 0.717) is 0 Å². The maximum atomic E-state index is 13.2. The van der Waals surface area contributed by atoms with E-state index in [4.69, 9.17) is 0 Å². The van der Waals surface area contributed by atoms with Crippen molar-refractivity contribution in [1.82, 2.24) is 9.29 Å². The number of fused-ring (bicyclic) bond motifs is 3. The van der Waals surface area contributed by atoms with Gasteiger partial charge < -0.3 is 4.98 Å². The van der Waals surface area contributed by atoms with Crippen molar-refractivity contribution in [3.8, 4) is 0 Å². The number of aromatic amines is 1. The summed E-state index contributed by atoms with van der Waals surface area (Å²) in [6.45, 7) is 5.09. The highest BCUT2D eigenvalue weighted by Crippen LogP contribution is 2.38. The fraction of sp³-hybridized carbons (Fsp3) is 0.333. The molecule has 2 atom stereocenters. The number of nitrogens with one attached hydrogen (secondary N) is 1. The summed E-state index contributed by atoms with van der Waals surface area (Å²) in [6, 6.07) is 16.8. The molecule has 1 aromatic heterocycles. The van der Waals surface area contributed by atoms with Crippen LogP contribution in [0.4, 0.5) is 0 Å². The van der Waals surface area contributed by atoms with Crippen LogP contribution in [0.25, 0.3) is 10.9 Å². The van der Waals surface area contributed by atoms with E-state index in [-0.39, 0.29) is 6.04 Å². The van der Waals surface area contributed by atoms with Crippen molar-refractivity contribution in [1.29, 1.82) is 0 Å². The smallest absolute Gasteiger partial charge is 0.128 e. The first-order valence-corrected chi connectivity index (χ1v) is 10.1. The first-order chi connectivity index (χ1) is 12.2. The fourth-order valence-corrected chi connectivity index (χ4v) is 5.19. The molecule has 0 aliphatic carbocycles. The Balaban J connectivity index is 1.74. The predicted octanol–water partition coefficient (Wildman–Crippen LogP) is 4.90. The van der Waals surface area contributed by atoms with Gasteiger partial charge in [-0.2, -0.15) is 0 Å². The van der Waals surface area contributed by atoms with Crippen molar-refractivity contribution in [2.24, 2.45) is 0 Å². The Morgan fingerprint density at radius 2 is 1.92 bits per heavy atom. The number of rotatable bonds is 4. The minimum absolute atomic E-state index is 0.184. The lowest BCUT2D eigenvalue weighted by molar-refractivity contribution is 0.303. The third-order valence-electron chi connectivity index (χ3n) is 5.11. The number of aromatic nitrogens is 1. The summed E-state index contributed by atoms with van der Waals surface area (Å²) in [4.78, 5) is 4.51. The number of para-hydroxylation sites is 1. The van der Waals surface area contributed by atoms with Gasteiger partial charge in [0.05, 0.1) is 10.9 Å². The summed E-state index contributed by atoms with van der Waals surface area (Å²) in [5, 5.41) is 1.32. The second kappa shape index (κ2) is 6.77. The van der Waals surface area contributed by atoms with Crippen molar-refractivity contribution in [2.75, 3.05) is 6.54 Å². The molecule has 0 saturated heterocycles. The van der Waals surface area contributed by atoms with Crippen LogP contribution in [0.5, 0.6) is 0 Å². The molecule has 1 aliphatic heterocycles. The summed E-state index contributed by atoms with van der Waals surface area (Å²) in [5.41, 5.74) is 5.06. The Bertz CT molecular complexity index is 913. The third kappa shape index (κ3) is 2.94. The van der Waals surface area contributed by atoms with Gasteiger partial charge in [0.25, 0.3) is 0 Å². The van der Waals surface area contributed by atoms with Gasteiger partial charge in [0, 0.05) is 23.1 Å². The first-order valence-electron chi connectivity index (χ1n) is 9.03. The van der Waals surface area contributed by atoms with Crippen molar-refractivity contribution in [2.45, 2.75) is 44.0 Å². The fourth-order valence-electron chi connectivity index (χ4n) is 3.85. The van der Waals surface area contributed by atoms with Crippen LogP contribution < -0.4 is 0 Å². The van der Waals surface area contributed by atoms with E-state index in [1.165, 1.54) is 27.7 Å². The molecular formula is C21H24N2OS. The van der Waals surface area contributed by atoms with Crippen LogP contribution >= 0.6 is 0 Å². The van der Waals surface area contributed by atoms with Crippen LogP contribution in [0.2, 0.25) is 0 Å². The number of aryl methyl sites for hydroxylation is 1. The normalized spacial score (nSPS) is 19.0. The van der Waals surface area contributed by atoms with E-state index in [1.807, 2.05) is 24.3 Å². The number of nitrogens with zero attached hydrogens (tertiary/aromatic N) is 1. The van der Waals surface area contributed by atoms with Crippen molar-refractivity contribution in [3.05, 3.63) is 65.4 Å². The Hall–Kier alpha value is -1.91. The van der Waals surface area contributed by atoms with Crippen LogP contribution in [0.3, 0.4) is 0 Å². The average Bonchev–Trinajstić information content (AvgIpc) is 3.01. The van der Waals surface area contributed by atoms with Gasteiger partial charge >= 0.3 is 0 Å². The molecule has 1 N–H and O–H groups in total. The van der Waals surface area contributed by atoms with Crippen LogP contribution in [-0.4, -0.2) is 20.0 Å². The van der Waals surface area contributed by atoms with Crippen molar-refractivity contribution in [3.63, 3.8) is 0 Å². The van der Waals surface area contributed by atoms with Crippen LogP contribution in [0, 0.1) is 6.92 Å². The van der Waals surface area contributed by atoms with E-state index in [1.54, 1.807) is 0 Å². The first kappa shape index (κ1) is 16.6. The standard InChI is InChI=1S/C21H24N2OS/c1-3-6-20-21-18(17-7-4-5-8-19(17)22-21)13-14-23(20)25(24)16-11-9-15(2)10-12-16/h4-5,7-12,20,22H,3,6,13-14H2,1-2H3/t20-,25?/m0/s1. The maximum absolute atomic E-state index is 13.2. The second-order valence-electron chi connectivity index (χ2n) is 6.82. The molecule has 0 bridgehead atoms. The maximum Gasteiger partial charge on any atom is 0.128 e. The molecule has 25 heavy (non-hydrogen) atoms. The predicted molar refractivity (Wildman–Crippen MR) is 104 cm³/mol. The van der Waals surface area contributed by atoms with Crippen LogP contribution in [0.15, 0.2) is 53.4 Å². The lowest BCUT2D eigenvalue weighted by Gasteiger charge is -2.34. The monoisotopic (exact) mass is 352 g/mol. The Morgan fingerprint density at radius 1 is 1.16 bits per heavy atom. The molecule has 4 rings (SSSR count). The second-order valence-corrected chi connectivity index (χ2v) is 8.26. The van der Waals surface area contributed by atoms with Gasteiger partial charge in [-0.25, -0.2) is 8.51 Å². The molecule has 4 heteroatoms. The average molecular weight is 353 g/mol.